The molecule has 22 heavy (non-hydrogen) atoms. The maximum atomic E-state index is 10.6. The lowest BCUT2D eigenvalue weighted by Gasteiger charge is -1.95. The number of hydrogen-bond donors (Lipinski definition) is 2. The minimum absolute atomic E-state index is 0.0616. The van der Waals surface area contributed by atoms with E-state index in [-0.39, 0.29) is 5.69 Å². The van der Waals surface area contributed by atoms with Crippen LogP contribution in [0.3, 0.4) is 0 Å². The van der Waals surface area contributed by atoms with Gasteiger partial charge in [0.15, 0.2) is 0 Å². The molecular formula is C13H14N2O5S2. The van der Waals surface area contributed by atoms with Crippen LogP contribution >= 0.6 is 0 Å². The van der Waals surface area contributed by atoms with E-state index in [0.29, 0.717) is 0 Å². The predicted molar refractivity (Wildman–Crippen MR) is 82.9 cm³/mol. The molecule has 9 heteroatoms. The molecular weight excluding hydrogens is 328 g/mol. The zero-order valence-corrected chi connectivity index (χ0v) is 13.2. The van der Waals surface area contributed by atoms with Crippen LogP contribution in [0.5, 0.6) is 0 Å². The van der Waals surface area contributed by atoms with Crippen molar-refractivity contribution in [2.75, 3.05) is 5.73 Å². The van der Waals surface area contributed by atoms with Crippen molar-refractivity contribution in [2.45, 2.75) is 11.8 Å². The average Bonchev–Trinajstić information content (AvgIpc) is 2.41. The van der Waals surface area contributed by atoms with Gasteiger partial charge in [0.25, 0.3) is 10.1 Å². The van der Waals surface area contributed by atoms with Gasteiger partial charge in [-0.1, -0.05) is 24.3 Å². The van der Waals surface area contributed by atoms with E-state index in [1.807, 2.05) is 31.2 Å². The molecule has 0 atom stereocenters. The average molecular weight is 342 g/mol. The first-order chi connectivity index (χ1) is 10.2. The number of aryl methyl sites for hydroxylation is 1. The van der Waals surface area contributed by atoms with Gasteiger partial charge >= 0.3 is 10.5 Å². The number of benzene rings is 2. The molecule has 2 aromatic carbocycles. The predicted octanol–water partition coefficient (Wildman–Crippen LogP) is 2.20. The third-order valence-corrected chi connectivity index (χ3v) is 3.69. The summed E-state index contributed by atoms with van der Waals surface area (Å²) in [4.78, 5) is -0.399. The third-order valence-electron chi connectivity index (χ3n) is 2.48. The molecule has 0 saturated heterocycles. The molecule has 0 aliphatic carbocycles. The highest BCUT2D eigenvalue weighted by Gasteiger charge is 2.08. The first kappa shape index (κ1) is 17.8. The van der Waals surface area contributed by atoms with Crippen LogP contribution in [0.25, 0.3) is 0 Å². The van der Waals surface area contributed by atoms with E-state index in [2.05, 4.69) is 4.36 Å². The standard InChI is InChI=1S/C7H9N.C6H5NO5S2/c1-6-4-2-3-5-7(6)8;8-13(9)7-5-2-1-3-6(4-5)14(10,11)12/h2-5H,8H2,1H3;1-4H,(H,10,11,12). The Morgan fingerprint density at radius 1 is 1.09 bits per heavy atom. The van der Waals surface area contributed by atoms with Crippen molar-refractivity contribution in [1.82, 2.24) is 0 Å². The van der Waals surface area contributed by atoms with E-state index >= 15 is 0 Å². The second-order valence-electron chi connectivity index (χ2n) is 4.14. The van der Waals surface area contributed by atoms with Crippen molar-refractivity contribution in [2.24, 2.45) is 4.36 Å². The quantitative estimate of drug-likeness (QED) is 0.636. The third kappa shape index (κ3) is 6.04. The van der Waals surface area contributed by atoms with Crippen LogP contribution in [0.2, 0.25) is 0 Å². The summed E-state index contributed by atoms with van der Waals surface area (Å²) in [6.07, 6.45) is 0. The van der Waals surface area contributed by atoms with E-state index in [1.165, 1.54) is 12.1 Å². The summed E-state index contributed by atoms with van der Waals surface area (Å²) >= 11 is 0. The minimum atomic E-state index is -4.32. The van der Waals surface area contributed by atoms with Crippen molar-refractivity contribution in [3.05, 3.63) is 54.1 Å². The number of anilines is 1. The maximum Gasteiger partial charge on any atom is 0.316 e. The summed E-state index contributed by atoms with van der Waals surface area (Å²) in [5.41, 5.74) is 7.47. The van der Waals surface area contributed by atoms with Crippen LogP contribution < -0.4 is 5.73 Å². The summed E-state index contributed by atoms with van der Waals surface area (Å²) in [6, 6.07) is 12.4. The molecule has 0 bridgehead atoms. The van der Waals surface area contributed by atoms with E-state index < -0.39 is 25.5 Å². The molecule has 0 aliphatic rings. The topological polar surface area (TPSA) is 127 Å². The molecule has 7 nitrogen and oxygen atoms in total. The van der Waals surface area contributed by atoms with Crippen LogP contribution in [-0.4, -0.2) is 21.4 Å². The Labute approximate surface area is 129 Å². The van der Waals surface area contributed by atoms with E-state index in [1.54, 1.807) is 0 Å². The molecule has 0 radical (unpaired) electrons. The number of para-hydroxylation sites is 1. The fraction of sp³-hybridized carbons (Fsp3) is 0.0769. The Kier molecular flexibility index (Phi) is 6.23. The highest BCUT2D eigenvalue weighted by Crippen LogP contribution is 2.17. The van der Waals surface area contributed by atoms with Crippen molar-refractivity contribution < 1.29 is 21.4 Å². The van der Waals surface area contributed by atoms with Gasteiger partial charge in [-0.15, -0.1) is 4.36 Å². The van der Waals surface area contributed by atoms with Crippen molar-refractivity contribution in [3.8, 4) is 0 Å². The SMILES string of the molecule is Cc1ccccc1N.O=S(=O)=Nc1cccc(S(=O)(=O)O)c1. The number of nitrogens with two attached hydrogens (primary N) is 1. The van der Waals surface area contributed by atoms with Gasteiger partial charge in [0.05, 0.1) is 10.6 Å². The first-order valence-corrected chi connectivity index (χ1v) is 8.37. The molecule has 118 valence electrons. The van der Waals surface area contributed by atoms with Crippen LogP contribution in [0, 0.1) is 6.92 Å². The van der Waals surface area contributed by atoms with Crippen LogP contribution in [0.15, 0.2) is 57.8 Å². The lowest BCUT2D eigenvalue weighted by molar-refractivity contribution is 0.483. The van der Waals surface area contributed by atoms with Gasteiger partial charge in [0, 0.05) is 5.69 Å². The van der Waals surface area contributed by atoms with Crippen LogP contribution in [-0.2, 0) is 20.6 Å². The summed E-state index contributed by atoms with van der Waals surface area (Å²) < 4.78 is 53.3. The highest BCUT2D eigenvalue weighted by atomic mass is 32.2. The molecule has 0 aliphatic heterocycles. The fourth-order valence-electron chi connectivity index (χ4n) is 1.37. The molecule has 0 fully saturated rings. The fourth-order valence-corrected chi connectivity index (χ4v) is 2.18. The van der Waals surface area contributed by atoms with Gasteiger partial charge in [-0.05, 0) is 36.8 Å². The Morgan fingerprint density at radius 3 is 2.18 bits per heavy atom. The smallest absolute Gasteiger partial charge is 0.316 e. The van der Waals surface area contributed by atoms with Gasteiger partial charge in [-0.25, -0.2) is 0 Å². The number of nitrogen functional groups attached to an aromatic ring is 1. The first-order valence-electron chi connectivity index (χ1n) is 5.90. The number of rotatable bonds is 2. The van der Waals surface area contributed by atoms with Crippen molar-refractivity contribution >= 4 is 32.0 Å². The molecule has 0 unspecified atom stereocenters. The molecule has 2 aromatic rings. The van der Waals surface area contributed by atoms with Gasteiger partial charge in [-0.3, -0.25) is 4.55 Å². The second-order valence-corrected chi connectivity index (χ2v) is 6.18. The molecule has 0 aromatic heterocycles. The van der Waals surface area contributed by atoms with Crippen molar-refractivity contribution in [1.29, 1.82) is 0 Å². The van der Waals surface area contributed by atoms with Crippen LogP contribution in [0.4, 0.5) is 11.4 Å². The van der Waals surface area contributed by atoms with Gasteiger partial charge in [0.1, 0.15) is 0 Å². The van der Waals surface area contributed by atoms with Gasteiger partial charge in [-0.2, -0.15) is 16.8 Å². The van der Waals surface area contributed by atoms with Crippen LogP contribution in [0.1, 0.15) is 5.56 Å². The van der Waals surface area contributed by atoms with Gasteiger partial charge in [0.2, 0.25) is 0 Å². The van der Waals surface area contributed by atoms with E-state index in [4.69, 9.17) is 10.3 Å². The molecule has 2 rings (SSSR count). The van der Waals surface area contributed by atoms with Gasteiger partial charge < -0.3 is 5.73 Å². The molecule has 0 amide bonds. The zero-order chi connectivity index (χ0) is 16.8. The number of nitrogens with zero attached hydrogens (tertiary/aromatic N) is 1. The second kappa shape index (κ2) is 7.69. The largest absolute Gasteiger partial charge is 0.399 e. The minimum Gasteiger partial charge on any atom is -0.399 e. The van der Waals surface area contributed by atoms with E-state index in [0.717, 1.165) is 23.4 Å². The van der Waals surface area contributed by atoms with E-state index in [9.17, 15) is 16.8 Å². The summed E-state index contributed by atoms with van der Waals surface area (Å²) in [6.45, 7) is 2.00. The number of hydrogen-bond acceptors (Lipinski definition) is 6. The summed E-state index contributed by atoms with van der Waals surface area (Å²) in [7, 11) is -6.98. The Hall–Kier alpha value is -2.23. The normalized spacial score (nSPS) is 10.3. The Morgan fingerprint density at radius 2 is 1.73 bits per heavy atom. The van der Waals surface area contributed by atoms with Crippen molar-refractivity contribution in [3.63, 3.8) is 0 Å². The summed E-state index contributed by atoms with van der Waals surface area (Å²) in [5.74, 6) is 0. The lowest BCUT2D eigenvalue weighted by atomic mass is 10.2. The lowest BCUT2D eigenvalue weighted by Crippen LogP contribution is -1.96. The molecule has 0 spiro atoms. The molecule has 0 heterocycles. The molecule has 0 saturated carbocycles. The Bertz CT molecular complexity index is 861. The molecule has 3 N–H and O–H groups in total. The summed E-state index contributed by atoms with van der Waals surface area (Å²) in [5, 5.41) is 0. The zero-order valence-electron chi connectivity index (χ0n) is 11.5. The monoisotopic (exact) mass is 342 g/mol. The highest BCUT2D eigenvalue weighted by molar-refractivity contribution is 7.85. The Balaban J connectivity index is 0.000000255. The maximum absolute atomic E-state index is 10.6.